The Morgan fingerprint density at radius 3 is 2.31 bits per heavy atom. The smallest absolute Gasteiger partial charge is 0.338 e. The van der Waals surface area contributed by atoms with E-state index in [0.29, 0.717) is 12.2 Å². The van der Waals surface area contributed by atoms with Crippen LogP contribution in [0.25, 0.3) is 0 Å². The fourth-order valence-electron chi connectivity index (χ4n) is 3.00. The quantitative estimate of drug-likeness (QED) is 0.600. The summed E-state index contributed by atoms with van der Waals surface area (Å²) in [6.45, 7) is 5.60. The van der Waals surface area contributed by atoms with Gasteiger partial charge >= 0.3 is 5.97 Å². The topological polar surface area (TPSA) is 92.8 Å². The molecule has 3 rings (SSSR count). The first kappa shape index (κ1) is 20.3. The van der Waals surface area contributed by atoms with Gasteiger partial charge in [-0.05, 0) is 43.2 Å². The molecule has 0 radical (unpaired) electrons. The lowest BCUT2D eigenvalue weighted by Gasteiger charge is -2.15. The van der Waals surface area contributed by atoms with Crippen molar-refractivity contribution in [1.82, 2.24) is 4.90 Å². The van der Waals surface area contributed by atoms with Gasteiger partial charge in [-0.2, -0.15) is 0 Å². The number of carbonyl (C=O) groups is 4. The van der Waals surface area contributed by atoms with Crippen molar-refractivity contribution in [3.63, 3.8) is 0 Å². The summed E-state index contributed by atoms with van der Waals surface area (Å²) >= 11 is 0. The summed E-state index contributed by atoms with van der Waals surface area (Å²) in [6.07, 6.45) is 0. The van der Waals surface area contributed by atoms with Crippen LogP contribution >= 0.6 is 0 Å². The van der Waals surface area contributed by atoms with E-state index >= 15 is 0 Å². The van der Waals surface area contributed by atoms with Gasteiger partial charge in [0, 0.05) is 12.2 Å². The first-order valence-electron chi connectivity index (χ1n) is 9.30. The molecule has 2 aromatic carbocycles. The molecule has 150 valence electrons. The maximum absolute atomic E-state index is 12.5. The summed E-state index contributed by atoms with van der Waals surface area (Å²) in [5.74, 6) is -1.87. The number of imide groups is 1. The molecule has 2 aromatic rings. The number of amides is 3. The number of hydrogen-bond acceptors (Lipinski definition) is 5. The van der Waals surface area contributed by atoms with Gasteiger partial charge in [0.1, 0.15) is 0 Å². The second-order valence-corrected chi connectivity index (χ2v) is 7.37. The lowest BCUT2D eigenvalue weighted by Crippen LogP contribution is -2.33. The van der Waals surface area contributed by atoms with Crippen LogP contribution in [0.15, 0.2) is 42.5 Å². The zero-order chi connectivity index (χ0) is 21.1. The van der Waals surface area contributed by atoms with Gasteiger partial charge in [-0.3, -0.25) is 19.3 Å². The number of carbonyl (C=O) groups excluding carboxylic acids is 4. The molecule has 3 amide bonds. The number of hydrogen-bond donors (Lipinski definition) is 1. The molecular formula is C22H22N2O5. The van der Waals surface area contributed by atoms with Crippen molar-refractivity contribution in [3.05, 3.63) is 64.7 Å². The molecule has 0 bridgehead atoms. The highest BCUT2D eigenvalue weighted by Crippen LogP contribution is 2.25. The normalized spacial score (nSPS) is 12.9. The van der Waals surface area contributed by atoms with Crippen LogP contribution in [-0.2, 0) is 9.53 Å². The summed E-state index contributed by atoms with van der Waals surface area (Å²) in [4.78, 5) is 50.3. The van der Waals surface area contributed by atoms with E-state index in [2.05, 4.69) is 5.32 Å². The number of esters is 1. The van der Waals surface area contributed by atoms with E-state index in [1.807, 2.05) is 32.9 Å². The maximum atomic E-state index is 12.5. The van der Waals surface area contributed by atoms with Crippen molar-refractivity contribution in [2.24, 2.45) is 5.92 Å². The Morgan fingerprint density at radius 1 is 1.00 bits per heavy atom. The first-order valence-corrected chi connectivity index (χ1v) is 9.30. The molecule has 0 unspecified atom stereocenters. The predicted molar refractivity (Wildman–Crippen MR) is 107 cm³/mol. The molecule has 0 aliphatic carbocycles. The Hall–Kier alpha value is -3.48. The van der Waals surface area contributed by atoms with Crippen LogP contribution in [-0.4, -0.2) is 41.7 Å². The fourth-order valence-corrected chi connectivity index (χ4v) is 3.00. The lowest BCUT2D eigenvalue weighted by molar-refractivity contribution is -0.119. The molecule has 1 aliphatic heterocycles. The number of anilines is 1. The van der Waals surface area contributed by atoms with E-state index in [1.54, 1.807) is 12.1 Å². The van der Waals surface area contributed by atoms with Crippen LogP contribution in [0.1, 0.15) is 50.5 Å². The van der Waals surface area contributed by atoms with Crippen molar-refractivity contribution >= 4 is 29.4 Å². The summed E-state index contributed by atoms with van der Waals surface area (Å²) in [5.41, 5.74) is 2.22. The number of nitrogens with one attached hydrogen (secondary N) is 1. The third-order valence-electron chi connectivity index (χ3n) is 4.42. The monoisotopic (exact) mass is 394 g/mol. The zero-order valence-electron chi connectivity index (χ0n) is 16.5. The maximum Gasteiger partial charge on any atom is 0.338 e. The van der Waals surface area contributed by atoms with Crippen molar-refractivity contribution in [2.75, 3.05) is 18.5 Å². The molecule has 1 aliphatic rings. The molecule has 7 heteroatoms. The highest BCUT2D eigenvalue weighted by atomic mass is 16.5. The van der Waals surface area contributed by atoms with E-state index in [9.17, 15) is 19.2 Å². The molecule has 0 aromatic heterocycles. The molecular weight excluding hydrogens is 372 g/mol. The highest BCUT2D eigenvalue weighted by Gasteiger charge is 2.36. The second-order valence-electron chi connectivity index (χ2n) is 7.37. The van der Waals surface area contributed by atoms with Crippen LogP contribution in [0, 0.1) is 12.8 Å². The number of nitrogens with zero attached hydrogens (tertiary/aromatic N) is 1. The zero-order valence-corrected chi connectivity index (χ0v) is 16.5. The average molecular weight is 394 g/mol. The van der Waals surface area contributed by atoms with Crippen LogP contribution in [0.4, 0.5) is 5.69 Å². The van der Waals surface area contributed by atoms with E-state index in [1.165, 1.54) is 23.1 Å². The minimum absolute atomic E-state index is 0.111. The molecule has 0 fully saturated rings. The average Bonchev–Trinajstić information content (AvgIpc) is 2.92. The van der Waals surface area contributed by atoms with Gasteiger partial charge < -0.3 is 10.1 Å². The van der Waals surface area contributed by atoms with Crippen molar-refractivity contribution in [2.45, 2.75) is 20.8 Å². The molecule has 1 N–H and O–H groups in total. The van der Waals surface area contributed by atoms with Crippen LogP contribution in [0.2, 0.25) is 0 Å². The van der Waals surface area contributed by atoms with Gasteiger partial charge in [-0.25, -0.2) is 4.79 Å². The van der Waals surface area contributed by atoms with Crippen molar-refractivity contribution in [3.8, 4) is 0 Å². The third-order valence-corrected chi connectivity index (χ3v) is 4.42. The highest BCUT2D eigenvalue weighted by molar-refractivity contribution is 6.22. The fraction of sp³-hybridized carbons (Fsp3) is 0.273. The lowest BCUT2D eigenvalue weighted by atomic mass is 10.1. The molecule has 7 nitrogen and oxygen atoms in total. The standard InChI is InChI=1S/C22H22N2O5/c1-13(2)11-24-20(26)17-9-6-15(10-18(17)21(24)27)22(28)29-12-19(25)23-16-7-4-14(3)5-8-16/h4-10,13H,11-12H2,1-3H3,(H,23,25). The Labute approximate surface area is 168 Å². The molecule has 0 saturated heterocycles. The van der Waals surface area contributed by atoms with Crippen molar-refractivity contribution in [1.29, 1.82) is 0 Å². The number of ether oxygens (including phenoxy) is 1. The Balaban J connectivity index is 1.63. The van der Waals surface area contributed by atoms with Gasteiger partial charge in [0.2, 0.25) is 0 Å². The Bertz CT molecular complexity index is 979. The molecule has 29 heavy (non-hydrogen) atoms. The Morgan fingerprint density at radius 2 is 1.66 bits per heavy atom. The van der Waals surface area contributed by atoms with Gasteiger partial charge in [0.05, 0.1) is 16.7 Å². The summed E-state index contributed by atoms with van der Waals surface area (Å²) in [5, 5.41) is 2.63. The summed E-state index contributed by atoms with van der Waals surface area (Å²) in [7, 11) is 0. The molecule has 0 saturated carbocycles. The van der Waals surface area contributed by atoms with E-state index in [-0.39, 0.29) is 28.5 Å². The van der Waals surface area contributed by atoms with Gasteiger partial charge in [0.15, 0.2) is 6.61 Å². The number of fused-ring (bicyclic) bond motifs is 1. The molecule has 0 spiro atoms. The Kier molecular flexibility index (Phi) is 5.77. The minimum atomic E-state index is -0.741. The van der Waals surface area contributed by atoms with Crippen LogP contribution < -0.4 is 5.32 Å². The van der Waals surface area contributed by atoms with Gasteiger partial charge in [-0.15, -0.1) is 0 Å². The number of aryl methyl sites for hydroxylation is 1. The summed E-state index contributed by atoms with van der Waals surface area (Å²) < 4.78 is 5.04. The van der Waals surface area contributed by atoms with Gasteiger partial charge in [-0.1, -0.05) is 31.5 Å². The van der Waals surface area contributed by atoms with Crippen molar-refractivity contribution < 1.29 is 23.9 Å². The van der Waals surface area contributed by atoms with E-state index in [0.717, 1.165) is 5.56 Å². The van der Waals surface area contributed by atoms with E-state index in [4.69, 9.17) is 4.74 Å². The summed E-state index contributed by atoms with van der Waals surface area (Å²) in [6, 6.07) is 11.4. The van der Waals surface area contributed by atoms with Crippen LogP contribution in [0.3, 0.4) is 0 Å². The van der Waals surface area contributed by atoms with E-state index < -0.39 is 24.4 Å². The number of rotatable bonds is 6. The predicted octanol–water partition coefficient (Wildman–Crippen LogP) is 3.04. The second kappa shape index (κ2) is 8.26. The number of benzene rings is 2. The largest absolute Gasteiger partial charge is 0.452 e. The van der Waals surface area contributed by atoms with Gasteiger partial charge in [0.25, 0.3) is 17.7 Å². The molecule has 1 heterocycles. The van der Waals surface area contributed by atoms with Crippen LogP contribution in [0.5, 0.6) is 0 Å². The molecule has 0 atom stereocenters. The SMILES string of the molecule is Cc1ccc(NC(=O)COC(=O)c2ccc3c(c2)C(=O)N(CC(C)C)C3=O)cc1. The third kappa shape index (κ3) is 4.51. The minimum Gasteiger partial charge on any atom is -0.452 e. The first-order chi connectivity index (χ1) is 13.8.